The van der Waals surface area contributed by atoms with Gasteiger partial charge in [0, 0.05) is 20.3 Å². The van der Waals surface area contributed by atoms with E-state index >= 15 is 0 Å². The van der Waals surface area contributed by atoms with E-state index in [1.807, 2.05) is 13.8 Å². The molecule has 0 saturated carbocycles. The van der Waals surface area contributed by atoms with E-state index in [0.29, 0.717) is 18.8 Å². The summed E-state index contributed by atoms with van der Waals surface area (Å²) in [5.41, 5.74) is 1.29. The van der Waals surface area contributed by atoms with Crippen LogP contribution in [0.1, 0.15) is 27.6 Å². The number of hydrogen-bond acceptors (Lipinski definition) is 6. The Labute approximate surface area is 120 Å². The minimum absolute atomic E-state index is 0.0332. The van der Waals surface area contributed by atoms with Gasteiger partial charge in [0.05, 0.1) is 15.6 Å². The first kappa shape index (κ1) is 14.6. The van der Waals surface area contributed by atoms with Crippen LogP contribution < -0.4 is 0 Å². The van der Waals surface area contributed by atoms with Crippen LogP contribution in [0.25, 0.3) is 10.6 Å². The largest absolute Gasteiger partial charge is 0.476 e. The van der Waals surface area contributed by atoms with Crippen molar-refractivity contribution in [1.29, 1.82) is 0 Å². The molecule has 0 aliphatic carbocycles. The number of carboxylic acid groups (broad SMARTS) is 1. The Morgan fingerprint density at radius 1 is 1.45 bits per heavy atom. The standard InChI is InChI=1S/C12H16N4O3S/c1-7-11(20-8(2)13-7)10-9(12(17)18)14-15-16(10)5-4-6-19-3/h4-6H2,1-3H3,(H,17,18). The Kier molecular flexibility index (Phi) is 4.46. The number of carbonyl (C=O) groups is 1. The second-order valence-electron chi connectivity index (χ2n) is 4.31. The minimum Gasteiger partial charge on any atom is -0.476 e. The molecule has 0 radical (unpaired) electrons. The Morgan fingerprint density at radius 2 is 2.20 bits per heavy atom. The molecule has 0 unspecified atom stereocenters. The summed E-state index contributed by atoms with van der Waals surface area (Å²) < 4.78 is 6.62. The van der Waals surface area contributed by atoms with Crippen LogP contribution in [0.5, 0.6) is 0 Å². The number of nitrogens with zero attached hydrogens (tertiary/aromatic N) is 4. The number of aryl methyl sites for hydroxylation is 3. The highest BCUT2D eigenvalue weighted by Gasteiger charge is 2.23. The molecule has 8 heteroatoms. The van der Waals surface area contributed by atoms with Crippen molar-refractivity contribution in [2.45, 2.75) is 26.8 Å². The van der Waals surface area contributed by atoms with Crippen molar-refractivity contribution in [3.8, 4) is 10.6 Å². The molecule has 0 aliphatic rings. The molecule has 1 N–H and O–H groups in total. The summed E-state index contributed by atoms with van der Waals surface area (Å²) in [6.07, 6.45) is 0.739. The van der Waals surface area contributed by atoms with Crippen molar-refractivity contribution in [3.63, 3.8) is 0 Å². The smallest absolute Gasteiger partial charge is 0.358 e. The van der Waals surface area contributed by atoms with Crippen molar-refractivity contribution in [3.05, 3.63) is 16.4 Å². The molecule has 2 heterocycles. The predicted octanol–water partition coefficient (Wildman–Crippen LogP) is 1.75. The van der Waals surface area contributed by atoms with E-state index in [2.05, 4.69) is 15.3 Å². The van der Waals surface area contributed by atoms with Gasteiger partial charge in [-0.2, -0.15) is 0 Å². The van der Waals surface area contributed by atoms with Gasteiger partial charge >= 0.3 is 5.97 Å². The zero-order valence-electron chi connectivity index (χ0n) is 11.6. The highest BCUT2D eigenvalue weighted by atomic mass is 32.1. The van der Waals surface area contributed by atoms with Crippen molar-refractivity contribution in [2.24, 2.45) is 0 Å². The van der Waals surface area contributed by atoms with Gasteiger partial charge in [-0.3, -0.25) is 0 Å². The summed E-state index contributed by atoms with van der Waals surface area (Å²) in [6.45, 7) is 4.89. The van der Waals surface area contributed by atoms with Crippen molar-refractivity contribution in [1.82, 2.24) is 20.0 Å². The Morgan fingerprint density at radius 3 is 2.75 bits per heavy atom. The molecule has 0 atom stereocenters. The summed E-state index contributed by atoms with van der Waals surface area (Å²) in [5.74, 6) is -1.08. The molecule has 0 aliphatic heterocycles. The molecule has 0 spiro atoms. The molecule has 0 bridgehead atoms. The second kappa shape index (κ2) is 6.10. The van der Waals surface area contributed by atoms with Gasteiger partial charge in [0.25, 0.3) is 0 Å². The SMILES string of the molecule is COCCCn1nnc(C(=O)O)c1-c1sc(C)nc1C. The van der Waals surface area contributed by atoms with Gasteiger partial charge in [-0.05, 0) is 20.3 Å². The molecular formula is C12H16N4O3S. The molecule has 2 aromatic rings. The number of methoxy groups -OCH3 is 1. The number of hydrogen-bond donors (Lipinski definition) is 1. The zero-order chi connectivity index (χ0) is 14.7. The summed E-state index contributed by atoms with van der Waals surface area (Å²) in [7, 11) is 1.63. The van der Waals surface area contributed by atoms with Gasteiger partial charge in [0.2, 0.25) is 0 Å². The fourth-order valence-electron chi connectivity index (χ4n) is 1.95. The first-order chi connectivity index (χ1) is 9.54. The average molecular weight is 296 g/mol. The van der Waals surface area contributed by atoms with E-state index in [0.717, 1.165) is 22.0 Å². The summed E-state index contributed by atoms with van der Waals surface area (Å²) in [6, 6.07) is 0. The van der Waals surface area contributed by atoms with Crippen LogP contribution in [0, 0.1) is 13.8 Å². The van der Waals surface area contributed by atoms with Gasteiger partial charge < -0.3 is 9.84 Å². The van der Waals surface area contributed by atoms with Crippen LogP contribution in [0.2, 0.25) is 0 Å². The van der Waals surface area contributed by atoms with Crippen LogP contribution in [-0.4, -0.2) is 44.8 Å². The van der Waals surface area contributed by atoms with E-state index in [9.17, 15) is 9.90 Å². The summed E-state index contributed by atoms with van der Waals surface area (Å²) >= 11 is 1.45. The second-order valence-corrected chi connectivity index (χ2v) is 5.51. The molecule has 20 heavy (non-hydrogen) atoms. The molecule has 7 nitrogen and oxygen atoms in total. The maximum Gasteiger partial charge on any atom is 0.358 e. The number of thiazole rings is 1. The lowest BCUT2D eigenvalue weighted by Gasteiger charge is -2.05. The van der Waals surface area contributed by atoms with Crippen molar-refractivity contribution < 1.29 is 14.6 Å². The van der Waals surface area contributed by atoms with E-state index in [4.69, 9.17) is 4.74 Å². The van der Waals surface area contributed by atoms with Gasteiger partial charge in [-0.25, -0.2) is 14.5 Å². The monoisotopic (exact) mass is 296 g/mol. The van der Waals surface area contributed by atoms with Crippen molar-refractivity contribution in [2.75, 3.05) is 13.7 Å². The number of aromatic carboxylic acids is 1. The highest BCUT2D eigenvalue weighted by molar-refractivity contribution is 7.15. The van der Waals surface area contributed by atoms with Gasteiger partial charge in [0.15, 0.2) is 5.69 Å². The molecule has 2 aromatic heterocycles. The fourth-order valence-corrected chi connectivity index (χ4v) is 2.92. The maximum absolute atomic E-state index is 11.3. The molecular weight excluding hydrogens is 280 g/mol. The number of ether oxygens (including phenoxy) is 1. The van der Waals surface area contributed by atoms with E-state index < -0.39 is 5.97 Å². The Balaban J connectivity index is 2.44. The lowest BCUT2D eigenvalue weighted by molar-refractivity contribution is 0.0691. The maximum atomic E-state index is 11.3. The molecule has 0 amide bonds. The van der Waals surface area contributed by atoms with Crippen LogP contribution >= 0.6 is 11.3 Å². The number of aromatic nitrogens is 4. The third-order valence-corrected chi connectivity index (χ3v) is 3.85. The Bertz CT molecular complexity index is 620. The van der Waals surface area contributed by atoms with E-state index in [1.54, 1.807) is 11.8 Å². The number of rotatable bonds is 6. The molecule has 2 rings (SSSR count). The van der Waals surface area contributed by atoms with Gasteiger partial charge in [-0.15, -0.1) is 16.4 Å². The average Bonchev–Trinajstić information content (AvgIpc) is 2.93. The van der Waals surface area contributed by atoms with E-state index in [-0.39, 0.29) is 5.69 Å². The normalized spacial score (nSPS) is 10.9. The first-order valence-corrected chi connectivity index (χ1v) is 6.96. The van der Waals surface area contributed by atoms with Crippen molar-refractivity contribution >= 4 is 17.3 Å². The van der Waals surface area contributed by atoms with E-state index in [1.165, 1.54) is 11.3 Å². The zero-order valence-corrected chi connectivity index (χ0v) is 12.4. The van der Waals surface area contributed by atoms with Crippen LogP contribution in [-0.2, 0) is 11.3 Å². The topological polar surface area (TPSA) is 90.1 Å². The van der Waals surface area contributed by atoms with Gasteiger partial charge in [0.1, 0.15) is 5.69 Å². The first-order valence-electron chi connectivity index (χ1n) is 6.14. The number of carboxylic acids is 1. The quantitative estimate of drug-likeness (QED) is 0.817. The third kappa shape index (κ3) is 2.86. The van der Waals surface area contributed by atoms with Crippen LogP contribution in [0.4, 0.5) is 0 Å². The van der Waals surface area contributed by atoms with Crippen LogP contribution in [0.3, 0.4) is 0 Å². The minimum atomic E-state index is -1.08. The predicted molar refractivity (Wildman–Crippen MR) is 74.1 cm³/mol. The van der Waals surface area contributed by atoms with Gasteiger partial charge in [-0.1, -0.05) is 5.21 Å². The third-order valence-electron chi connectivity index (χ3n) is 2.77. The molecule has 0 fully saturated rings. The lowest BCUT2D eigenvalue weighted by Crippen LogP contribution is -2.06. The molecule has 0 saturated heterocycles. The Hall–Kier alpha value is -1.80. The van der Waals surface area contributed by atoms with Crippen LogP contribution in [0.15, 0.2) is 0 Å². The highest BCUT2D eigenvalue weighted by Crippen LogP contribution is 2.31. The molecule has 0 aromatic carbocycles. The fraction of sp³-hybridized carbons (Fsp3) is 0.500. The summed E-state index contributed by atoms with van der Waals surface area (Å²) in [4.78, 5) is 16.4. The lowest BCUT2D eigenvalue weighted by atomic mass is 10.2. The summed E-state index contributed by atoms with van der Waals surface area (Å²) in [5, 5.41) is 17.9. The molecule has 108 valence electrons.